The van der Waals surface area contributed by atoms with Crippen molar-refractivity contribution in [2.24, 2.45) is 0 Å². The van der Waals surface area contributed by atoms with Crippen molar-refractivity contribution in [3.05, 3.63) is 52.2 Å². The summed E-state index contributed by atoms with van der Waals surface area (Å²) >= 11 is 1.81. The minimum atomic E-state index is -0.574. The fourth-order valence-electron chi connectivity index (χ4n) is 4.18. The van der Waals surface area contributed by atoms with Gasteiger partial charge in [0.2, 0.25) is 0 Å². The third-order valence-corrected chi connectivity index (χ3v) is 6.91. The molecule has 1 fully saturated rings. The molecule has 0 radical (unpaired) electrons. The Morgan fingerprint density at radius 3 is 2.79 bits per heavy atom. The van der Waals surface area contributed by atoms with E-state index in [0.29, 0.717) is 6.54 Å². The number of aliphatic hydroxyl groups excluding tert-OH is 1. The van der Waals surface area contributed by atoms with E-state index in [0.717, 1.165) is 73.1 Å². The number of aliphatic hydroxyl groups is 1. The van der Waals surface area contributed by atoms with Gasteiger partial charge < -0.3 is 15.2 Å². The average molecular weight is 411 g/mol. The smallest absolute Gasteiger partial charge is 0.146 e. The summed E-state index contributed by atoms with van der Waals surface area (Å²) in [6, 6.07) is 9.77. The third-order valence-electron chi connectivity index (χ3n) is 5.73. The van der Waals surface area contributed by atoms with Crippen molar-refractivity contribution in [2.75, 3.05) is 38.2 Å². The Labute approximate surface area is 174 Å². The molecule has 1 aliphatic carbocycles. The molecular formula is C22H26N4O2S. The number of nitrogens with one attached hydrogen (secondary N) is 1. The Morgan fingerprint density at radius 1 is 1.14 bits per heavy atom. The van der Waals surface area contributed by atoms with Crippen molar-refractivity contribution in [1.29, 1.82) is 0 Å². The third kappa shape index (κ3) is 4.00. The van der Waals surface area contributed by atoms with Crippen molar-refractivity contribution < 1.29 is 9.84 Å². The quantitative estimate of drug-likeness (QED) is 0.651. The standard InChI is InChI=1S/C22H26N4O2S/c27-17(15-5-2-1-3-6-15)13-23-21-20-16-7-4-8-18(16)29-22(20)25-19(24-21)14-26-9-11-28-12-10-26/h1-3,5-6,17,27H,4,7-14H2,(H,23,24,25)/t17-/m0/s1. The second kappa shape index (κ2) is 8.36. The zero-order valence-corrected chi connectivity index (χ0v) is 17.2. The van der Waals surface area contributed by atoms with Crippen LogP contribution < -0.4 is 5.32 Å². The first-order chi connectivity index (χ1) is 14.3. The van der Waals surface area contributed by atoms with E-state index in [1.807, 2.05) is 41.7 Å². The van der Waals surface area contributed by atoms with Crippen LogP contribution in [0.25, 0.3) is 10.2 Å². The maximum absolute atomic E-state index is 10.6. The van der Waals surface area contributed by atoms with Gasteiger partial charge in [0, 0.05) is 24.5 Å². The Hall–Kier alpha value is -2.06. The molecule has 6 nitrogen and oxygen atoms in total. The predicted octanol–water partition coefficient (Wildman–Crippen LogP) is 3.16. The van der Waals surface area contributed by atoms with Crippen LogP contribution in [0, 0.1) is 0 Å². The highest BCUT2D eigenvalue weighted by Crippen LogP contribution is 2.39. The van der Waals surface area contributed by atoms with Crippen LogP contribution in [-0.4, -0.2) is 52.8 Å². The molecule has 0 unspecified atom stereocenters. The van der Waals surface area contributed by atoms with Gasteiger partial charge in [-0.25, -0.2) is 9.97 Å². The number of thiophene rings is 1. The lowest BCUT2D eigenvalue weighted by Crippen LogP contribution is -2.36. The Bertz CT molecular complexity index is 985. The summed E-state index contributed by atoms with van der Waals surface area (Å²) in [6.07, 6.45) is 2.87. The van der Waals surface area contributed by atoms with Crippen LogP contribution in [0.2, 0.25) is 0 Å². The van der Waals surface area contributed by atoms with Gasteiger partial charge in [-0.15, -0.1) is 11.3 Å². The number of rotatable bonds is 6. The summed E-state index contributed by atoms with van der Waals surface area (Å²) in [6.45, 7) is 4.53. The molecule has 2 N–H and O–H groups in total. The molecule has 1 aliphatic heterocycles. The highest BCUT2D eigenvalue weighted by molar-refractivity contribution is 7.19. The van der Waals surface area contributed by atoms with Crippen LogP contribution in [0.1, 0.15) is 34.4 Å². The van der Waals surface area contributed by atoms with E-state index < -0.39 is 6.10 Å². The van der Waals surface area contributed by atoms with E-state index in [2.05, 4.69) is 10.2 Å². The zero-order valence-electron chi connectivity index (χ0n) is 16.4. The fourth-order valence-corrected chi connectivity index (χ4v) is 5.46. The van der Waals surface area contributed by atoms with Gasteiger partial charge in [-0.1, -0.05) is 30.3 Å². The molecule has 0 spiro atoms. The van der Waals surface area contributed by atoms with Gasteiger partial charge in [0.15, 0.2) is 0 Å². The molecule has 3 aromatic rings. The predicted molar refractivity (Wildman–Crippen MR) is 115 cm³/mol. The number of hydrogen-bond acceptors (Lipinski definition) is 7. The van der Waals surface area contributed by atoms with E-state index in [1.165, 1.54) is 16.9 Å². The lowest BCUT2D eigenvalue weighted by molar-refractivity contribution is 0.0331. The number of aryl methyl sites for hydroxylation is 2. The SMILES string of the molecule is O[C@@H](CNc1nc(CN2CCOCC2)nc2sc3c(c12)CCC3)c1ccccc1. The van der Waals surface area contributed by atoms with Crippen LogP contribution >= 0.6 is 11.3 Å². The summed E-state index contributed by atoms with van der Waals surface area (Å²) in [5.41, 5.74) is 2.31. The molecule has 1 saturated heterocycles. The topological polar surface area (TPSA) is 70.5 Å². The first-order valence-electron chi connectivity index (χ1n) is 10.4. The van der Waals surface area contributed by atoms with Crippen molar-refractivity contribution in [1.82, 2.24) is 14.9 Å². The molecule has 0 saturated carbocycles. The zero-order chi connectivity index (χ0) is 19.6. The molecule has 152 valence electrons. The Kier molecular flexibility index (Phi) is 5.46. The Morgan fingerprint density at radius 2 is 1.97 bits per heavy atom. The first kappa shape index (κ1) is 18.9. The maximum atomic E-state index is 10.6. The van der Waals surface area contributed by atoms with Crippen LogP contribution in [0.3, 0.4) is 0 Å². The lowest BCUT2D eigenvalue weighted by atomic mass is 10.1. The number of hydrogen-bond donors (Lipinski definition) is 2. The van der Waals surface area contributed by atoms with E-state index in [9.17, 15) is 5.11 Å². The van der Waals surface area contributed by atoms with Crippen LogP contribution in [0.4, 0.5) is 5.82 Å². The summed E-state index contributed by atoms with van der Waals surface area (Å²) in [5, 5.41) is 15.2. The number of benzene rings is 1. The van der Waals surface area contributed by atoms with E-state index in [-0.39, 0.29) is 0 Å². The van der Waals surface area contributed by atoms with Gasteiger partial charge in [0.05, 0.1) is 31.2 Å². The Balaban J connectivity index is 1.43. The average Bonchev–Trinajstić information content (AvgIpc) is 3.34. The molecule has 1 atom stereocenters. The molecule has 5 rings (SSSR count). The molecule has 0 bridgehead atoms. The minimum absolute atomic E-state index is 0.428. The number of anilines is 1. The first-order valence-corrected chi connectivity index (χ1v) is 11.2. The second-order valence-electron chi connectivity index (χ2n) is 7.72. The van der Waals surface area contributed by atoms with Gasteiger partial charge in [-0.05, 0) is 30.4 Å². The number of ether oxygens (including phenoxy) is 1. The molecule has 2 aliphatic rings. The maximum Gasteiger partial charge on any atom is 0.146 e. The van der Waals surface area contributed by atoms with Gasteiger partial charge in [0.1, 0.15) is 16.5 Å². The molecule has 3 heterocycles. The summed E-state index contributed by atoms with van der Waals surface area (Å²) in [5.74, 6) is 1.71. The highest BCUT2D eigenvalue weighted by Gasteiger charge is 2.23. The van der Waals surface area contributed by atoms with Gasteiger partial charge in [-0.3, -0.25) is 4.90 Å². The highest BCUT2D eigenvalue weighted by atomic mass is 32.1. The summed E-state index contributed by atoms with van der Waals surface area (Å²) < 4.78 is 5.46. The largest absolute Gasteiger partial charge is 0.387 e. The van der Waals surface area contributed by atoms with Crippen LogP contribution in [0.5, 0.6) is 0 Å². The minimum Gasteiger partial charge on any atom is -0.387 e. The van der Waals surface area contributed by atoms with Gasteiger partial charge in [0.25, 0.3) is 0 Å². The monoisotopic (exact) mass is 410 g/mol. The van der Waals surface area contributed by atoms with Gasteiger partial charge >= 0.3 is 0 Å². The molecule has 2 aromatic heterocycles. The molecule has 29 heavy (non-hydrogen) atoms. The van der Waals surface area contributed by atoms with E-state index >= 15 is 0 Å². The van der Waals surface area contributed by atoms with E-state index in [4.69, 9.17) is 14.7 Å². The molecule has 7 heteroatoms. The van der Waals surface area contributed by atoms with E-state index in [1.54, 1.807) is 0 Å². The van der Waals surface area contributed by atoms with Crippen LogP contribution in [0.15, 0.2) is 30.3 Å². The fraction of sp³-hybridized carbons (Fsp3) is 0.455. The van der Waals surface area contributed by atoms with Crippen molar-refractivity contribution in [3.8, 4) is 0 Å². The number of aromatic nitrogens is 2. The molecule has 1 aromatic carbocycles. The lowest BCUT2D eigenvalue weighted by Gasteiger charge is -2.26. The van der Waals surface area contributed by atoms with Crippen LogP contribution in [-0.2, 0) is 24.1 Å². The number of nitrogens with zero attached hydrogens (tertiary/aromatic N) is 3. The number of fused-ring (bicyclic) bond motifs is 3. The normalized spacial score (nSPS) is 18.1. The summed E-state index contributed by atoms with van der Waals surface area (Å²) in [4.78, 5) is 14.7. The summed E-state index contributed by atoms with van der Waals surface area (Å²) in [7, 11) is 0. The van der Waals surface area contributed by atoms with Gasteiger partial charge in [-0.2, -0.15) is 0 Å². The van der Waals surface area contributed by atoms with Crippen molar-refractivity contribution in [3.63, 3.8) is 0 Å². The second-order valence-corrected chi connectivity index (χ2v) is 8.81. The molecular weight excluding hydrogens is 384 g/mol. The molecule has 0 amide bonds. The number of morpholine rings is 1. The van der Waals surface area contributed by atoms with Crippen molar-refractivity contribution >= 4 is 27.4 Å². The van der Waals surface area contributed by atoms with Crippen molar-refractivity contribution in [2.45, 2.75) is 31.9 Å².